The van der Waals surface area contributed by atoms with Crippen molar-refractivity contribution in [3.8, 4) is 0 Å². The van der Waals surface area contributed by atoms with Gasteiger partial charge in [0.25, 0.3) is 5.91 Å². The van der Waals surface area contributed by atoms with Gasteiger partial charge in [0.2, 0.25) is 5.95 Å². The minimum absolute atomic E-state index is 0.224. The highest BCUT2D eigenvalue weighted by Crippen LogP contribution is 2.12. The third kappa shape index (κ3) is 3.34. The van der Waals surface area contributed by atoms with Crippen LogP contribution in [0.3, 0.4) is 0 Å². The molecule has 114 valence electrons. The zero-order valence-corrected chi connectivity index (χ0v) is 12.2. The molecule has 1 amide bonds. The molecule has 8 heteroatoms. The molecule has 0 spiro atoms. The molecule has 1 N–H and O–H groups in total. The number of anilines is 2. The van der Waals surface area contributed by atoms with Crippen LogP contribution in [0.25, 0.3) is 0 Å². The van der Waals surface area contributed by atoms with Gasteiger partial charge in [-0.1, -0.05) is 0 Å². The molecule has 3 heterocycles. The molecular formula is C14H16N6O2. The monoisotopic (exact) mass is 300 g/mol. The van der Waals surface area contributed by atoms with Gasteiger partial charge >= 0.3 is 0 Å². The predicted octanol–water partition coefficient (Wildman–Crippen LogP) is 0.664. The van der Waals surface area contributed by atoms with Crippen LogP contribution in [-0.2, 0) is 4.74 Å². The third-order valence-corrected chi connectivity index (χ3v) is 3.24. The first-order valence-electron chi connectivity index (χ1n) is 7.00. The van der Waals surface area contributed by atoms with E-state index in [9.17, 15) is 4.79 Å². The quantitative estimate of drug-likeness (QED) is 0.890. The lowest BCUT2D eigenvalue weighted by Crippen LogP contribution is -2.37. The number of morpholine rings is 1. The summed E-state index contributed by atoms with van der Waals surface area (Å²) in [7, 11) is 0. The van der Waals surface area contributed by atoms with Gasteiger partial charge in [-0.05, 0) is 25.1 Å². The maximum atomic E-state index is 12.1. The smallest absolute Gasteiger partial charge is 0.278 e. The van der Waals surface area contributed by atoms with E-state index in [1.165, 1.54) is 0 Å². The van der Waals surface area contributed by atoms with Crippen LogP contribution in [0.15, 0.2) is 24.4 Å². The molecular weight excluding hydrogens is 284 g/mol. The molecule has 0 aliphatic carbocycles. The molecule has 3 rings (SSSR count). The molecule has 0 aromatic carbocycles. The van der Waals surface area contributed by atoms with E-state index in [0.717, 1.165) is 24.6 Å². The van der Waals surface area contributed by atoms with E-state index in [2.05, 4.69) is 30.4 Å². The Kier molecular flexibility index (Phi) is 4.19. The second kappa shape index (κ2) is 6.44. The van der Waals surface area contributed by atoms with Crippen LogP contribution in [0.5, 0.6) is 0 Å². The maximum Gasteiger partial charge on any atom is 0.278 e. The minimum atomic E-state index is -0.383. The third-order valence-electron chi connectivity index (χ3n) is 3.24. The number of carbonyl (C=O) groups is 1. The molecule has 0 radical (unpaired) electrons. The van der Waals surface area contributed by atoms with Crippen molar-refractivity contribution in [3.05, 3.63) is 35.8 Å². The molecule has 1 aliphatic heterocycles. The van der Waals surface area contributed by atoms with Crippen LogP contribution in [0.2, 0.25) is 0 Å². The Hall–Kier alpha value is -2.61. The number of carbonyl (C=O) groups excluding carboxylic acids is 1. The second-order valence-electron chi connectivity index (χ2n) is 4.85. The summed E-state index contributed by atoms with van der Waals surface area (Å²) in [6.07, 6.45) is 1.59. The normalized spacial score (nSPS) is 14.7. The number of hydrogen-bond donors (Lipinski definition) is 1. The SMILES string of the molecule is Cc1ccnc(NC(=O)c2ccc(N3CCOCC3)nn2)n1. The molecule has 1 saturated heterocycles. The van der Waals surface area contributed by atoms with Gasteiger partial charge < -0.3 is 9.64 Å². The standard InChI is InChI=1S/C14H16N6O2/c1-10-4-5-15-14(16-10)17-13(21)11-2-3-12(19-18-11)20-6-8-22-9-7-20/h2-5H,6-9H2,1H3,(H,15,16,17,21). The van der Waals surface area contributed by atoms with E-state index in [1.807, 2.05) is 6.92 Å². The fraction of sp³-hybridized carbons (Fsp3) is 0.357. The topological polar surface area (TPSA) is 93.1 Å². The van der Waals surface area contributed by atoms with Crippen molar-refractivity contribution < 1.29 is 9.53 Å². The Morgan fingerprint density at radius 3 is 2.73 bits per heavy atom. The van der Waals surface area contributed by atoms with Crippen LogP contribution in [0.4, 0.5) is 11.8 Å². The second-order valence-corrected chi connectivity index (χ2v) is 4.85. The molecule has 2 aromatic rings. The summed E-state index contributed by atoms with van der Waals surface area (Å²) < 4.78 is 5.29. The van der Waals surface area contributed by atoms with E-state index >= 15 is 0 Å². The Bertz CT molecular complexity index is 655. The first kappa shape index (κ1) is 14.3. The maximum absolute atomic E-state index is 12.1. The number of ether oxygens (including phenoxy) is 1. The number of amides is 1. The highest BCUT2D eigenvalue weighted by atomic mass is 16.5. The van der Waals surface area contributed by atoms with E-state index < -0.39 is 0 Å². The van der Waals surface area contributed by atoms with E-state index in [4.69, 9.17) is 4.74 Å². The van der Waals surface area contributed by atoms with Crippen molar-refractivity contribution in [2.45, 2.75) is 6.92 Å². The Balaban J connectivity index is 1.68. The molecule has 2 aromatic heterocycles. The number of nitrogens with zero attached hydrogens (tertiary/aromatic N) is 5. The van der Waals surface area contributed by atoms with Crippen molar-refractivity contribution in [1.82, 2.24) is 20.2 Å². The lowest BCUT2D eigenvalue weighted by atomic mass is 10.3. The summed E-state index contributed by atoms with van der Waals surface area (Å²) in [5.74, 6) is 0.613. The number of aryl methyl sites for hydroxylation is 1. The summed E-state index contributed by atoms with van der Waals surface area (Å²) in [6.45, 7) is 4.73. The van der Waals surface area contributed by atoms with Crippen LogP contribution in [0.1, 0.15) is 16.2 Å². The molecule has 1 fully saturated rings. The van der Waals surface area contributed by atoms with E-state index in [1.54, 1.807) is 24.4 Å². The molecule has 0 saturated carbocycles. The average Bonchev–Trinajstić information content (AvgIpc) is 2.56. The van der Waals surface area contributed by atoms with Crippen molar-refractivity contribution in [1.29, 1.82) is 0 Å². The van der Waals surface area contributed by atoms with E-state index in [-0.39, 0.29) is 17.5 Å². The van der Waals surface area contributed by atoms with Gasteiger partial charge in [0.15, 0.2) is 11.5 Å². The highest BCUT2D eigenvalue weighted by Gasteiger charge is 2.15. The largest absolute Gasteiger partial charge is 0.378 e. The van der Waals surface area contributed by atoms with E-state index in [0.29, 0.717) is 13.2 Å². The van der Waals surface area contributed by atoms with Crippen LogP contribution in [0, 0.1) is 6.92 Å². The first-order chi connectivity index (χ1) is 10.7. The first-order valence-corrected chi connectivity index (χ1v) is 7.00. The number of hydrogen-bond acceptors (Lipinski definition) is 7. The van der Waals surface area contributed by atoms with Gasteiger partial charge in [0.05, 0.1) is 13.2 Å². The Morgan fingerprint density at radius 2 is 2.05 bits per heavy atom. The fourth-order valence-electron chi connectivity index (χ4n) is 2.08. The summed E-state index contributed by atoms with van der Waals surface area (Å²) in [6, 6.07) is 5.18. The summed E-state index contributed by atoms with van der Waals surface area (Å²) in [4.78, 5) is 22.3. The van der Waals surface area contributed by atoms with Crippen molar-refractivity contribution in [2.24, 2.45) is 0 Å². The molecule has 0 unspecified atom stereocenters. The zero-order valence-electron chi connectivity index (χ0n) is 12.2. The van der Waals surface area contributed by atoms with Crippen LogP contribution >= 0.6 is 0 Å². The Labute approximate surface area is 127 Å². The predicted molar refractivity (Wildman–Crippen MR) is 79.8 cm³/mol. The number of rotatable bonds is 3. The van der Waals surface area contributed by atoms with Crippen LogP contribution < -0.4 is 10.2 Å². The van der Waals surface area contributed by atoms with Crippen LogP contribution in [-0.4, -0.2) is 52.4 Å². The molecule has 0 atom stereocenters. The number of nitrogens with one attached hydrogen (secondary N) is 1. The zero-order chi connectivity index (χ0) is 15.4. The summed E-state index contributed by atoms with van der Waals surface area (Å²) >= 11 is 0. The highest BCUT2D eigenvalue weighted by molar-refractivity contribution is 6.01. The lowest BCUT2D eigenvalue weighted by Gasteiger charge is -2.27. The van der Waals surface area contributed by atoms with Crippen molar-refractivity contribution >= 4 is 17.7 Å². The van der Waals surface area contributed by atoms with Crippen molar-refractivity contribution in [3.63, 3.8) is 0 Å². The summed E-state index contributed by atoms with van der Waals surface area (Å²) in [5, 5.41) is 10.7. The molecule has 0 bridgehead atoms. The van der Waals surface area contributed by atoms with Gasteiger partial charge in [0, 0.05) is 25.0 Å². The van der Waals surface area contributed by atoms with Crippen molar-refractivity contribution in [2.75, 3.05) is 36.5 Å². The van der Waals surface area contributed by atoms with Gasteiger partial charge in [-0.15, -0.1) is 10.2 Å². The lowest BCUT2D eigenvalue weighted by molar-refractivity contribution is 0.102. The molecule has 8 nitrogen and oxygen atoms in total. The van der Waals surface area contributed by atoms with Gasteiger partial charge in [-0.2, -0.15) is 0 Å². The fourth-order valence-corrected chi connectivity index (χ4v) is 2.08. The van der Waals surface area contributed by atoms with Gasteiger partial charge in [0.1, 0.15) is 0 Å². The number of aromatic nitrogens is 4. The Morgan fingerprint density at radius 1 is 1.23 bits per heavy atom. The molecule has 22 heavy (non-hydrogen) atoms. The van der Waals surface area contributed by atoms with Gasteiger partial charge in [-0.25, -0.2) is 9.97 Å². The minimum Gasteiger partial charge on any atom is -0.378 e. The van der Waals surface area contributed by atoms with Gasteiger partial charge in [-0.3, -0.25) is 10.1 Å². The average molecular weight is 300 g/mol. The molecule has 1 aliphatic rings. The summed E-state index contributed by atoms with van der Waals surface area (Å²) in [5.41, 5.74) is 1.00.